The van der Waals surface area contributed by atoms with Gasteiger partial charge in [-0.1, -0.05) is 72.8 Å². The molecule has 0 bridgehead atoms. The minimum atomic E-state index is -3.87. The molecule has 1 atom stereocenters. The van der Waals surface area contributed by atoms with Gasteiger partial charge in [-0.15, -0.1) is 0 Å². The van der Waals surface area contributed by atoms with Crippen LogP contribution in [0.4, 0.5) is 0 Å². The molecule has 0 fully saturated rings. The van der Waals surface area contributed by atoms with E-state index in [1.54, 1.807) is 6.08 Å². The fraction of sp³-hybridized carbons (Fsp3) is 0.286. The highest BCUT2D eigenvalue weighted by molar-refractivity contribution is 7.86. The zero-order chi connectivity index (χ0) is 20.0. The van der Waals surface area contributed by atoms with Crippen molar-refractivity contribution in [1.82, 2.24) is 8.61 Å². The van der Waals surface area contributed by atoms with Crippen LogP contribution in [0.15, 0.2) is 72.8 Å². The molecule has 0 saturated heterocycles. The van der Waals surface area contributed by atoms with Gasteiger partial charge in [-0.05, 0) is 17.5 Å². The molecule has 7 heteroatoms. The van der Waals surface area contributed by atoms with E-state index in [4.69, 9.17) is 4.74 Å². The van der Waals surface area contributed by atoms with E-state index in [0.29, 0.717) is 0 Å². The summed E-state index contributed by atoms with van der Waals surface area (Å²) in [4.78, 5) is 12.5. The largest absolute Gasteiger partial charge is 0.468 e. The normalized spacial score (nSPS) is 18.3. The van der Waals surface area contributed by atoms with Crippen LogP contribution in [0.3, 0.4) is 0 Å². The summed E-state index contributed by atoms with van der Waals surface area (Å²) in [7, 11) is -2.59. The Morgan fingerprint density at radius 1 is 0.964 bits per heavy atom. The smallest absolute Gasteiger partial charge is 0.324 e. The fourth-order valence-corrected chi connectivity index (χ4v) is 4.84. The SMILES string of the molecule is COC(=O)C(Cc1ccccc1)N1CC=CCN(Cc2ccccc2)S1(=O)=O. The van der Waals surface area contributed by atoms with Crippen molar-refractivity contribution in [1.29, 1.82) is 0 Å². The molecule has 0 spiro atoms. The van der Waals surface area contributed by atoms with Crippen molar-refractivity contribution < 1.29 is 17.9 Å². The van der Waals surface area contributed by atoms with E-state index in [2.05, 4.69) is 0 Å². The molecule has 1 heterocycles. The predicted molar refractivity (Wildman–Crippen MR) is 108 cm³/mol. The Bertz CT molecular complexity index is 914. The van der Waals surface area contributed by atoms with Crippen molar-refractivity contribution in [2.45, 2.75) is 19.0 Å². The van der Waals surface area contributed by atoms with E-state index in [1.165, 1.54) is 15.7 Å². The second kappa shape index (κ2) is 9.14. The van der Waals surface area contributed by atoms with E-state index in [0.717, 1.165) is 11.1 Å². The number of rotatable bonds is 6. The summed E-state index contributed by atoms with van der Waals surface area (Å²) in [6.07, 6.45) is 3.85. The first-order valence-corrected chi connectivity index (χ1v) is 10.5. The van der Waals surface area contributed by atoms with Crippen molar-refractivity contribution >= 4 is 16.2 Å². The first-order chi connectivity index (χ1) is 13.5. The van der Waals surface area contributed by atoms with Gasteiger partial charge in [0.25, 0.3) is 10.2 Å². The summed E-state index contributed by atoms with van der Waals surface area (Å²) >= 11 is 0. The number of hydrogen-bond acceptors (Lipinski definition) is 4. The van der Waals surface area contributed by atoms with Gasteiger partial charge >= 0.3 is 5.97 Å². The highest BCUT2D eigenvalue weighted by Gasteiger charge is 2.39. The summed E-state index contributed by atoms with van der Waals surface area (Å²) in [5.41, 5.74) is 1.76. The van der Waals surface area contributed by atoms with Crippen LogP contribution < -0.4 is 0 Å². The Morgan fingerprint density at radius 2 is 1.54 bits per heavy atom. The zero-order valence-corrected chi connectivity index (χ0v) is 16.6. The third-order valence-electron chi connectivity index (χ3n) is 4.68. The maximum absolute atomic E-state index is 13.4. The second-order valence-corrected chi connectivity index (χ2v) is 8.44. The van der Waals surface area contributed by atoms with Gasteiger partial charge in [-0.25, -0.2) is 0 Å². The van der Waals surface area contributed by atoms with Crippen molar-refractivity contribution in [3.63, 3.8) is 0 Å². The fourth-order valence-electron chi connectivity index (χ4n) is 3.20. The van der Waals surface area contributed by atoms with Gasteiger partial charge in [0.1, 0.15) is 6.04 Å². The third kappa shape index (κ3) is 4.67. The van der Waals surface area contributed by atoms with Crippen molar-refractivity contribution in [2.24, 2.45) is 0 Å². The van der Waals surface area contributed by atoms with Gasteiger partial charge in [0, 0.05) is 19.6 Å². The first-order valence-electron chi connectivity index (χ1n) is 9.10. The lowest BCUT2D eigenvalue weighted by Gasteiger charge is -2.31. The van der Waals surface area contributed by atoms with Crippen LogP contribution in [0, 0.1) is 0 Å². The number of nitrogens with zero attached hydrogens (tertiary/aromatic N) is 2. The zero-order valence-electron chi connectivity index (χ0n) is 15.8. The topological polar surface area (TPSA) is 66.9 Å². The van der Waals surface area contributed by atoms with Gasteiger partial charge in [-0.2, -0.15) is 17.0 Å². The lowest BCUT2D eigenvalue weighted by atomic mass is 10.1. The summed E-state index contributed by atoms with van der Waals surface area (Å²) in [6, 6.07) is 17.8. The molecular formula is C21H24N2O4S. The van der Waals surface area contributed by atoms with Crippen LogP contribution >= 0.6 is 0 Å². The maximum Gasteiger partial charge on any atom is 0.324 e. The Kier molecular flexibility index (Phi) is 6.61. The van der Waals surface area contributed by atoms with Crippen LogP contribution in [-0.2, 0) is 32.7 Å². The van der Waals surface area contributed by atoms with Crippen molar-refractivity contribution in [2.75, 3.05) is 20.2 Å². The van der Waals surface area contributed by atoms with E-state index >= 15 is 0 Å². The quantitative estimate of drug-likeness (QED) is 0.552. The number of carbonyl (C=O) groups is 1. The molecule has 1 aliphatic heterocycles. The van der Waals surface area contributed by atoms with Gasteiger partial charge in [0.05, 0.1) is 7.11 Å². The van der Waals surface area contributed by atoms with Gasteiger partial charge in [0.15, 0.2) is 0 Å². The van der Waals surface area contributed by atoms with E-state index in [1.807, 2.05) is 66.7 Å². The van der Waals surface area contributed by atoms with Gasteiger partial charge in [0.2, 0.25) is 0 Å². The number of esters is 1. The lowest BCUT2D eigenvalue weighted by Crippen LogP contribution is -2.51. The average molecular weight is 401 g/mol. The van der Waals surface area contributed by atoms with Crippen LogP contribution in [0.2, 0.25) is 0 Å². The molecule has 0 N–H and O–H groups in total. The Morgan fingerprint density at radius 3 is 2.14 bits per heavy atom. The molecule has 1 aliphatic rings. The molecule has 0 aromatic heterocycles. The van der Waals surface area contributed by atoms with Crippen LogP contribution in [-0.4, -0.2) is 49.2 Å². The number of methoxy groups -OCH3 is 1. The minimum absolute atomic E-state index is 0.125. The summed E-state index contributed by atoms with van der Waals surface area (Å²) in [5.74, 6) is -0.567. The Hall–Kier alpha value is -2.48. The Balaban J connectivity index is 1.91. The number of hydrogen-bond donors (Lipinski definition) is 0. The van der Waals surface area contributed by atoms with E-state index in [9.17, 15) is 13.2 Å². The monoisotopic (exact) mass is 400 g/mol. The van der Waals surface area contributed by atoms with E-state index < -0.39 is 22.2 Å². The predicted octanol–water partition coefficient (Wildman–Crippen LogP) is 2.39. The molecule has 1 unspecified atom stereocenters. The standard InChI is InChI=1S/C21H24N2O4S/c1-27-21(24)20(16-18-10-4-2-5-11-18)23-15-9-8-14-22(28(23,25)26)17-19-12-6-3-7-13-19/h2-13,20H,14-17H2,1H3. The average Bonchev–Trinajstić information content (AvgIpc) is 2.85. The highest BCUT2D eigenvalue weighted by atomic mass is 32.2. The molecule has 148 valence electrons. The molecule has 0 aliphatic carbocycles. The molecule has 0 saturated carbocycles. The van der Waals surface area contributed by atoms with Gasteiger partial charge < -0.3 is 4.74 Å². The summed E-state index contributed by atoms with van der Waals surface area (Å²) in [6.45, 7) is 0.621. The first kappa shape index (κ1) is 20.3. The second-order valence-electron chi connectivity index (χ2n) is 6.56. The van der Waals surface area contributed by atoms with Crippen molar-refractivity contribution in [3.05, 3.63) is 83.9 Å². The maximum atomic E-state index is 13.4. The van der Waals surface area contributed by atoms with Crippen LogP contribution in [0.25, 0.3) is 0 Å². The highest BCUT2D eigenvalue weighted by Crippen LogP contribution is 2.22. The number of ether oxygens (including phenoxy) is 1. The Labute approximate surface area is 166 Å². The number of carbonyl (C=O) groups excluding carboxylic acids is 1. The molecular weight excluding hydrogens is 376 g/mol. The molecule has 0 radical (unpaired) electrons. The lowest BCUT2D eigenvalue weighted by molar-refractivity contribution is -0.145. The van der Waals surface area contributed by atoms with Crippen LogP contribution in [0.1, 0.15) is 11.1 Å². The third-order valence-corrected chi connectivity index (χ3v) is 6.61. The van der Waals surface area contributed by atoms with E-state index in [-0.39, 0.29) is 26.1 Å². The number of benzene rings is 2. The van der Waals surface area contributed by atoms with Gasteiger partial charge in [-0.3, -0.25) is 4.79 Å². The molecule has 6 nitrogen and oxygen atoms in total. The molecule has 2 aromatic carbocycles. The molecule has 28 heavy (non-hydrogen) atoms. The minimum Gasteiger partial charge on any atom is -0.468 e. The molecule has 0 amide bonds. The van der Waals surface area contributed by atoms with Crippen molar-refractivity contribution in [3.8, 4) is 0 Å². The summed E-state index contributed by atoms with van der Waals surface area (Å²) in [5, 5.41) is 0. The van der Waals surface area contributed by atoms with Crippen LogP contribution in [0.5, 0.6) is 0 Å². The molecule has 3 rings (SSSR count). The summed E-state index contributed by atoms with van der Waals surface area (Å²) < 4.78 is 34.3. The molecule has 2 aromatic rings.